The SMILES string of the molecule is C=CC(=O)OCC1CCCC[NH+]1C. The Morgan fingerprint density at radius 3 is 3.08 bits per heavy atom. The van der Waals surface area contributed by atoms with Crippen LogP contribution in [0.15, 0.2) is 12.7 Å². The minimum absolute atomic E-state index is 0.307. The summed E-state index contributed by atoms with van der Waals surface area (Å²) >= 11 is 0. The predicted octanol–water partition coefficient (Wildman–Crippen LogP) is -0.217. The summed E-state index contributed by atoms with van der Waals surface area (Å²) in [7, 11) is 2.16. The molecular weight excluding hydrogens is 166 g/mol. The summed E-state index contributed by atoms with van der Waals surface area (Å²) in [4.78, 5) is 12.3. The van der Waals surface area contributed by atoms with Crippen LogP contribution in [0.25, 0.3) is 0 Å². The number of likely N-dealkylation sites (N-methyl/N-ethyl adjacent to an activating group) is 1. The maximum atomic E-state index is 10.8. The molecule has 1 rings (SSSR count). The van der Waals surface area contributed by atoms with E-state index in [1.807, 2.05) is 0 Å². The lowest BCUT2D eigenvalue weighted by Gasteiger charge is -2.28. The minimum Gasteiger partial charge on any atom is -0.456 e. The van der Waals surface area contributed by atoms with Crippen LogP contribution in [-0.4, -0.2) is 32.2 Å². The summed E-state index contributed by atoms with van der Waals surface area (Å²) < 4.78 is 5.02. The number of carbonyl (C=O) groups excluding carboxylic acids is 1. The fourth-order valence-corrected chi connectivity index (χ4v) is 1.71. The topological polar surface area (TPSA) is 30.7 Å². The van der Waals surface area contributed by atoms with E-state index >= 15 is 0 Å². The van der Waals surface area contributed by atoms with Crippen molar-refractivity contribution in [3.05, 3.63) is 12.7 Å². The number of hydrogen-bond acceptors (Lipinski definition) is 2. The lowest BCUT2D eigenvalue weighted by Crippen LogP contribution is -3.14. The highest BCUT2D eigenvalue weighted by Gasteiger charge is 2.23. The zero-order chi connectivity index (χ0) is 9.68. The smallest absolute Gasteiger partial charge is 0.330 e. The second kappa shape index (κ2) is 5.02. The van der Waals surface area contributed by atoms with Gasteiger partial charge >= 0.3 is 5.97 Å². The molecule has 0 aliphatic carbocycles. The molecule has 0 bridgehead atoms. The number of carbonyl (C=O) groups is 1. The van der Waals surface area contributed by atoms with Crippen LogP contribution in [0.1, 0.15) is 19.3 Å². The number of likely N-dealkylation sites (tertiary alicyclic amines) is 1. The van der Waals surface area contributed by atoms with E-state index in [4.69, 9.17) is 4.74 Å². The lowest BCUT2D eigenvalue weighted by atomic mass is 10.0. The van der Waals surface area contributed by atoms with E-state index in [2.05, 4.69) is 13.6 Å². The van der Waals surface area contributed by atoms with E-state index in [0.29, 0.717) is 12.6 Å². The third-order valence-corrected chi connectivity index (χ3v) is 2.66. The zero-order valence-electron chi connectivity index (χ0n) is 8.21. The van der Waals surface area contributed by atoms with E-state index in [0.717, 1.165) is 6.42 Å². The molecule has 0 aromatic carbocycles. The molecule has 2 atom stereocenters. The van der Waals surface area contributed by atoms with Crippen LogP contribution in [0, 0.1) is 0 Å². The van der Waals surface area contributed by atoms with Gasteiger partial charge in [-0.05, 0) is 12.8 Å². The monoisotopic (exact) mass is 184 g/mol. The van der Waals surface area contributed by atoms with Crippen LogP contribution >= 0.6 is 0 Å². The standard InChI is InChI=1S/C10H17NO2/c1-3-10(12)13-8-9-6-4-5-7-11(9)2/h3,9H,1,4-8H2,2H3/p+1. The second-order valence-electron chi connectivity index (χ2n) is 3.62. The van der Waals surface area contributed by atoms with Gasteiger partial charge in [-0.2, -0.15) is 0 Å². The number of hydrogen-bond donors (Lipinski definition) is 1. The molecule has 74 valence electrons. The average molecular weight is 184 g/mol. The van der Waals surface area contributed by atoms with Gasteiger partial charge in [0, 0.05) is 12.5 Å². The molecule has 1 saturated heterocycles. The molecule has 13 heavy (non-hydrogen) atoms. The number of esters is 1. The van der Waals surface area contributed by atoms with Crippen molar-refractivity contribution < 1.29 is 14.4 Å². The number of nitrogens with one attached hydrogen (secondary N) is 1. The molecule has 3 nitrogen and oxygen atoms in total. The van der Waals surface area contributed by atoms with Gasteiger partial charge in [-0.25, -0.2) is 4.79 Å². The van der Waals surface area contributed by atoms with Gasteiger partial charge in [-0.1, -0.05) is 6.58 Å². The highest BCUT2D eigenvalue weighted by molar-refractivity contribution is 5.81. The molecule has 1 aliphatic rings. The molecule has 1 aliphatic heterocycles. The summed E-state index contributed by atoms with van der Waals surface area (Å²) in [5, 5.41) is 0. The molecule has 2 unspecified atom stereocenters. The van der Waals surface area contributed by atoms with Gasteiger partial charge < -0.3 is 9.64 Å². The largest absolute Gasteiger partial charge is 0.456 e. The van der Waals surface area contributed by atoms with Crippen molar-refractivity contribution in [3.8, 4) is 0 Å². The number of quaternary nitrogens is 1. The van der Waals surface area contributed by atoms with Crippen molar-refractivity contribution in [2.24, 2.45) is 0 Å². The first-order chi connectivity index (χ1) is 6.24. The first kappa shape index (κ1) is 10.3. The molecule has 0 spiro atoms. The van der Waals surface area contributed by atoms with Gasteiger partial charge in [0.1, 0.15) is 12.6 Å². The Balaban J connectivity index is 2.26. The first-order valence-corrected chi connectivity index (χ1v) is 4.85. The molecule has 0 saturated carbocycles. The molecule has 0 radical (unpaired) electrons. The molecule has 1 heterocycles. The van der Waals surface area contributed by atoms with E-state index in [-0.39, 0.29) is 5.97 Å². The van der Waals surface area contributed by atoms with Gasteiger partial charge in [0.2, 0.25) is 0 Å². The molecule has 0 aromatic heterocycles. The fraction of sp³-hybridized carbons (Fsp3) is 0.700. The first-order valence-electron chi connectivity index (χ1n) is 4.85. The van der Waals surface area contributed by atoms with Crippen LogP contribution in [-0.2, 0) is 9.53 Å². The Morgan fingerprint density at radius 1 is 1.69 bits per heavy atom. The number of ether oxygens (including phenoxy) is 1. The van der Waals surface area contributed by atoms with Gasteiger partial charge in [-0.15, -0.1) is 0 Å². The van der Waals surface area contributed by atoms with Crippen molar-refractivity contribution in [1.29, 1.82) is 0 Å². The Kier molecular flexibility index (Phi) is 3.96. The fourth-order valence-electron chi connectivity index (χ4n) is 1.71. The van der Waals surface area contributed by atoms with Crippen molar-refractivity contribution in [2.45, 2.75) is 25.3 Å². The lowest BCUT2D eigenvalue weighted by molar-refractivity contribution is -0.911. The normalized spacial score (nSPS) is 28.1. The van der Waals surface area contributed by atoms with Gasteiger partial charge in [0.25, 0.3) is 0 Å². The highest BCUT2D eigenvalue weighted by Crippen LogP contribution is 2.02. The van der Waals surface area contributed by atoms with E-state index < -0.39 is 0 Å². The third-order valence-electron chi connectivity index (χ3n) is 2.66. The number of piperidine rings is 1. The quantitative estimate of drug-likeness (QED) is 0.486. The Labute approximate surface area is 79.4 Å². The van der Waals surface area contributed by atoms with Crippen molar-refractivity contribution in [3.63, 3.8) is 0 Å². The van der Waals surface area contributed by atoms with Gasteiger partial charge in [0.05, 0.1) is 13.6 Å². The predicted molar refractivity (Wildman–Crippen MR) is 50.5 cm³/mol. The molecule has 3 heteroatoms. The van der Waals surface area contributed by atoms with Crippen LogP contribution in [0.5, 0.6) is 0 Å². The Bertz CT molecular complexity index is 191. The molecule has 1 fully saturated rings. The van der Waals surface area contributed by atoms with Gasteiger partial charge in [0.15, 0.2) is 0 Å². The minimum atomic E-state index is -0.307. The second-order valence-corrected chi connectivity index (χ2v) is 3.62. The average Bonchev–Trinajstić information content (AvgIpc) is 2.16. The number of rotatable bonds is 3. The summed E-state index contributed by atoms with van der Waals surface area (Å²) in [5.74, 6) is -0.307. The van der Waals surface area contributed by atoms with E-state index in [1.165, 1.54) is 30.4 Å². The highest BCUT2D eigenvalue weighted by atomic mass is 16.5. The Hall–Kier alpha value is -0.830. The maximum Gasteiger partial charge on any atom is 0.330 e. The molecule has 0 aromatic rings. The van der Waals surface area contributed by atoms with Gasteiger partial charge in [-0.3, -0.25) is 0 Å². The molecule has 1 N–H and O–H groups in total. The van der Waals surface area contributed by atoms with E-state index in [1.54, 1.807) is 0 Å². The van der Waals surface area contributed by atoms with Crippen molar-refractivity contribution in [1.82, 2.24) is 0 Å². The summed E-state index contributed by atoms with van der Waals surface area (Å²) in [6.45, 7) is 5.09. The van der Waals surface area contributed by atoms with Crippen LogP contribution < -0.4 is 4.90 Å². The molecular formula is C10H18NO2+. The summed E-state index contributed by atoms with van der Waals surface area (Å²) in [6.07, 6.45) is 4.93. The summed E-state index contributed by atoms with van der Waals surface area (Å²) in [6, 6.07) is 0.484. The molecule has 0 amide bonds. The van der Waals surface area contributed by atoms with Crippen LogP contribution in [0.2, 0.25) is 0 Å². The summed E-state index contributed by atoms with van der Waals surface area (Å²) in [5.41, 5.74) is 0. The van der Waals surface area contributed by atoms with Crippen molar-refractivity contribution in [2.75, 3.05) is 20.2 Å². The maximum absolute atomic E-state index is 10.8. The van der Waals surface area contributed by atoms with Crippen molar-refractivity contribution >= 4 is 5.97 Å². The Morgan fingerprint density at radius 2 is 2.46 bits per heavy atom. The third kappa shape index (κ3) is 3.19. The van der Waals surface area contributed by atoms with Crippen LogP contribution in [0.3, 0.4) is 0 Å². The van der Waals surface area contributed by atoms with Crippen LogP contribution in [0.4, 0.5) is 0 Å². The van der Waals surface area contributed by atoms with E-state index in [9.17, 15) is 4.79 Å². The zero-order valence-corrected chi connectivity index (χ0v) is 8.21.